The van der Waals surface area contributed by atoms with E-state index in [4.69, 9.17) is 25.0 Å². The summed E-state index contributed by atoms with van der Waals surface area (Å²) in [6.45, 7) is 16.7. The van der Waals surface area contributed by atoms with Gasteiger partial charge in [-0.2, -0.15) is 4.79 Å². The molecule has 27 nitrogen and oxygen atoms in total. The Bertz CT molecular complexity index is 3860. The van der Waals surface area contributed by atoms with Gasteiger partial charge in [0.25, 0.3) is 11.8 Å². The predicted molar refractivity (Wildman–Crippen MR) is 328 cm³/mol. The van der Waals surface area contributed by atoms with Crippen LogP contribution in [-0.2, 0) is 49.3 Å². The normalized spacial score (nSPS) is 12.0. The van der Waals surface area contributed by atoms with Crippen molar-refractivity contribution in [3.63, 3.8) is 0 Å². The van der Waals surface area contributed by atoms with E-state index in [0.717, 1.165) is 79.1 Å². The Kier molecular flexibility index (Phi) is 24.0. The Morgan fingerprint density at radius 1 is 0.698 bits per heavy atom. The van der Waals surface area contributed by atoms with Crippen LogP contribution in [0.4, 0.5) is 34.1 Å². The number of hydrogen-bond acceptors (Lipinski definition) is 19. The molecular formula is C56H69N12O15PS2. The average Bonchev–Trinajstić information content (AvgIpc) is 1.85. The molecule has 6 N–H and O–H groups in total. The minimum absolute atomic E-state index is 0.184. The summed E-state index contributed by atoms with van der Waals surface area (Å²) in [6, 6.07) is 20.5. The van der Waals surface area contributed by atoms with Gasteiger partial charge in [-0.1, -0.05) is 58.8 Å². The first-order valence-electron chi connectivity index (χ1n) is 25.4. The van der Waals surface area contributed by atoms with Gasteiger partial charge < -0.3 is 48.9 Å². The Morgan fingerprint density at radius 3 is 1.55 bits per heavy atom. The maximum absolute atomic E-state index is 13.4. The molecule has 0 saturated heterocycles. The molecule has 0 atom stereocenters. The van der Waals surface area contributed by atoms with Crippen LogP contribution in [0.3, 0.4) is 0 Å². The van der Waals surface area contributed by atoms with Crippen molar-refractivity contribution in [2.75, 3.05) is 66.0 Å². The van der Waals surface area contributed by atoms with E-state index in [0.29, 0.717) is 28.2 Å². The van der Waals surface area contributed by atoms with Gasteiger partial charge >= 0.3 is 13.0 Å². The molecule has 6 aromatic rings. The number of amides is 2. The highest BCUT2D eigenvalue weighted by atomic mass is 32.2. The summed E-state index contributed by atoms with van der Waals surface area (Å²) in [6.07, 6.45) is 10.8. The van der Waals surface area contributed by atoms with Crippen LogP contribution in [0.2, 0.25) is 0 Å². The number of methoxy groups -OCH3 is 2. The molecule has 3 heterocycles. The summed E-state index contributed by atoms with van der Waals surface area (Å²) in [5.41, 5.74) is 30.5. The lowest BCUT2D eigenvalue weighted by Gasteiger charge is -2.24. The van der Waals surface area contributed by atoms with Crippen molar-refractivity contribution >= 4 is 96.8 Å². The summed E-state index contributed by atoms with van der Waals surface area (Å²) in [5.74, 6) is -1.09. The molecule has 2 amide bonds. The van der Waals surface area contributed by atoms with Gasteiger partial charge in [0.15, 0.2) is 17.8 Å². The lowest BCUT2D eigenvalue weighted by atomic mass is 9.86. The van der Waals surface area contributed by atoms with Crippen molar-refractivity contribution in [2.24, 2.45) is 5.11 Å². The number of rotatable bonds is 18. The van der Waals surface area contributed by atoms with Crippen molar-refractivity contribution in [1.29, 1.82) is 0 Å². The second-order valence-electron chi connectivity index (χ2n) is 20.7. The number of Topliss-reactive ketones (excluding diaryl/α,β-unsaturated/α-hetero) is 1. The number of hydrogen-bond donors (Lipinski definition) is 6. The lowest BCUT2D eigenvalue weighted by Crippen LogP contribution is -2.36. The molecule has 86 heavy (non-hydrogen) atoms. The number of anilines is 5. The van der Waals surface area contributed by atoms with Crippen molar-refractivity contribution < 1.29 is 72.7 Å². The van der Waals surface area contributed by atoms with Crippen LogP contribution in [0.1, 0.15) is 107 Å². The van der Waals surface area contributed by atoms with Crippen LogP contribution in [0.25, 0.3) is 21.7 Å². The van der Waals surface area contributed by atoms with Gasteiger partial charge in [0.1, 0.15) is 6.26 Å². The Hall–Kier alpha value is -9.04. The highest BCUT2D eigenvalue weighted by Gasteiger charge is 2.42. The zero-order chi connectivity index (χ0) is 64.5. The number of hydrazine groups is 2. The minimum atomic E-state index is -3.70. The topological polar surface area (TPSA) is 377 Å². The van der Waals surface area contributed by atoms with Crippen LogP contribution in [-0.4, -0.2) is 91.9 Å². The number of benzene rings is 4. The van der Waals surface area contributed by atoms with E-state index in [-0.39, 0.29) is 45.2 Å². The number of carbonyl (C=O) groups excluding carboxylic acids is 4. The quantitative estimate of drug-likeness (QED) is 0.0116. The van der Waals surface area contributed by atoms with Crippen LogP contribution in [0, 0.1) is 13.8 Å². The summed E-state index contributed by atoms with van der Waals surface area (Å²) < 4.78 is 93.4. The molecule has 7 rings (SSSR count). The zero-order valence-electron chi connectivity index (χ0n) is 50.0. The van der Waals surface area contributed by atoms with Crippen molar-refractivity contribution in [1.82, 2.24) is 11.0 Å². The third-order valence-corrected chi connectivity index (χ3v) is 15.1. The van der Waals surface area contributed by atoms with Gasteiger partial charge in [-0.25, -0.2) is 21.4 Å². The van der Waals surface area contributed by atoms with E-state index in [2.05, 4.69) is 59.3 Å². The fraction of sp³-hybridized carbons (Fsp3) is 0.304. The molecule has 4 aromatic carbocycles. The highest BCUT2D eigenvalue weighted by Crippen LogP contribution is 2.47. The van der Waals surface area contributed by atoms with Crippen LogP contribution >= 0.6 is 7.60 Å². The third kappa shape index (κ3) is 19.5. The summed E-state index contributed by atoms with van der Waals surface area (Å²) in [5, 5.41) is 11.0. The second-order valence-corrected chi connectivity index (χ2v) is 26.4. The van der Waals surface area contributed by atoms with Gasteiger partial charge in [-0.05, 0) is 113 Å². The van der Waals surface area contributed by atoms with E-state index < -0.39 is 44.8 Å². The Morgan fingerprint density at radius 2 is 1.17 bits per heavy atom. The number of aldehydes is 1. The van der Waals surface area contributed by atoms with Gasteiger partial charge in [0.2, 0.25) is 25.8 Å². The van der Waals surface area contributed by atoms with E-state index in [9.17, 15) is 40.6 Å². The molecule has 0 bridgehead atoms. The fourth-order valence-electron chi connectivity index (χ4n) is 7.52. The first-order chi connectivity index (χ1) is 40.1. The fourth-order valence-corrected chi connectivity index (χ4v) is 9.61. The van der Waals surface area contributed by atoms with Crippen LogP contribution < -0.4 is 45.5 Å². The number of nitrogens with zero attached hydrogens (tertiary/aromatic N) is 6. The summed E-state index contributed by atoms with van der Waals surface area (Å²) in [4.78, 5) is 52.1. The molecule has 0 aliphatic carbocycles. The summed E-state index contributed by atoms with van der Waals surface area (Å²) >= 11 is 0. The number of aryl methyl sites for hydroxylation is 2. The molecule has 0 spiro atoms. The van der Waals surface area contributed by atoms with Gasteiger partial charge in [-0.3, -0.25) is 33.6 Å². The Labute approximate surface area is 498 Å². The molecule has 0 fully saturated rings. The molecule has 460 valence electrons. The largest absolute Gasteiger partial charge is 0.492 e. The number of sulfonamides is 2. The van der Waals surface area contributed by atoms with Gasteiger partial charge in [0, 0.05) is 54.6 Å². The van der Waals surface area contributed by atoms with Crippen molar-refractivity contribution in [3.05, 3.63) is 165 Å². The standard InChI is InChI=1S/C26H31N5O5S.C20H25N5O4S.C5H9N2O4P.C5H4O2/c1-16-7-8-17(11-23(16)31-14-22(28-30-31)18-9-10-36-15-18)25(32)27-20-12-19(26(2,3)4)13-21(24(20)35-5)29-37(6,33)34;1-12-7-8-13(9-15(12)23-25-21)19(26)22-16-10-14(20(2,3)4)11-17(18(16)29-5)24-30(6,27)28;1-4(8)5(7-6)12(9,10-2)11-3;6-3-5-1-2-7-4-5/h7-15,28-30H,1-6H3,(H,27,32);7-11,24H,1-6H3,(H,22,26);1-3H3;1-4H. The monoisotopic (exact) mass is 1240 g/mol. The second kappa shape index (κ2) is 29.7. The minimum Gasteiger partial charge on any atom is -0.492 e. The van der Waals surface area contributed by atoms with Crippen molar-refractivity contribution in [3.8, 4) is 11.5 Å². The molecule has 0 radical (unpaired) electrons. The maximum atomic E-state index is 13.4. The average molecular weight is 1250 g/mol. The van der Waals surface area contributed by atoms with E-state index in [1.54, 1.807) is 79.1 Å². The first kappa shape index (κ1) is 69.5. The van der Waals surface area contributed by atoms with Gasteiger partial charge in [-0.15, -0.1) is 5.53 Å². The molecule has 0 saturated carbocycles. The first-order valence-corrected chi connectivity index (χ1v) is 30.8. The van der Waals surface area contributed by atoms with Crippen molar-refractivity contribution in [2.45, 2.75) is 73.1 Å². The van der Waals surface area contributed by atoms with E-state index in [1.807, 2.05) is 66.8 Å². The van der Waals surface area contributed by atoms with E-state index in [1.165, 1.54) is 32.8 Å². The third-order valence-electron chi connectivity index (χ3n) is 12.0. The number of azide groups is 1. The smallest absolute Gasteiger partial charge is 0.446 e. The van der Waals surface area contributed by atoms with Gasteiger partial charge in [0.05, 0.1) is 85.2 Å². The highest BCUT2D eigenvalue weighted by molar-refractivity contribution is 7.92. The molecule has 30 heteroatoms. The van der Waals surface area contributed by atoms with Crippen LogP contribution in [0.5, 0.6) is 11.5 Å². The zero-order valence-corrected chi connectivity index (χ0v) is 52.5. The SMILES string of the molecule is COP(=O)(OC)C(=[N+]=[N-])C(C)=O.COc1c(NC(=O)c2ccc(C)c(N3C=C(c4ccoc4)NN3)c2)cc(C(C)(C)C)cc1NS(C)(=O)=O.COc1c(NC(=O)c2ccc(C)c(N=[N+]=[N-])c2)cc(C(C)(C)C)cc1NS(C)(=O)=O.O=Cc1ccoc1. The number of carbonyl (C=O) groups is 4. The molecule has 0 unspecified atom stereocenters. The lowest BCUT2D eigenvalue weighted by molar-refractivity contribution is -0.114. The number of ketones is 1. The molecular weight excluding hydrogens is 1180 g/mol. The van der Waals surface area contributed by atoms with Crippen LogP contribution in [0.15, 0.2) is 118 Å². The molecule has 1 aliphatic rings. The Balaban J connectivity index is 0.000000286. The number of ether oxygens (including phenoxy) is 2. The number of nitrogens with one attached hydrogen (secondary N) is 6. The maximum Gasteiger partial charge on any atom is 0.446 e. The number of furan rings is 2. The van der Waals surface area contributed by atoms with E-state index >= 15 is 0 Å². The molecule has 2 aromatic heterocycles. The molecule has 1 aliphatic heterocycles. The summed E-state index contributed by atoms with van der Waals surface area (Å²) in [7, 11) is -5.85. The predicted octanol–water partition coefficient (Wildman–Crippen LogP) is 11.0.